The number of piperidine rings is 1. The van der Waals surface area contributed by atoms with Crippen LogP contribution in [0.25, 0.3) is 16.9 Å². The number of carbonyl (C=O) groups is 2. The molecule has 1 aromatic carbocycles. The fraction of sp³-hybridized carbons (Fsp3) is 0.222. The minimum atomic E-state index is -0.253. The number of carbonyl (C=O) groups excluding carboxylic acids is 2. The molecule has 0 unspecified atom stereocenters. The standard InChI is InChI=1S/C27H25N7O2/c1-2-6-23(35)33-16-5-7-20(17-33)24-21-13-15-30-27(28)34(21)25(32-24)18-9-11-19(12-10-18)26(36)31-22-8-3-4-14-29-22/h3-4,8-15,20H,5,7,16-17H2,1H3,(H2,28,30)(H,29,31,36)/t20-/m0/s1. The number of hydrogen-bond acceptors (Lipinski definition) is 6. The molecule has 0 radical (unpaired) electrons. The minimum absolute atomic E-state index is 0.0512. The van der Waals surface area contributed by atoms with Crippen LogP contribution in [-0.4, -0.2) is 49.2 Å². The van der Waals surface area contributed by atoms with Crippen LogP contribution in [0, 0.1) is 11.8 Å². The third-order valence-corrected chi connectivity index (χ3v) is 6.25. The summed E-state index contributed by atoms with van der Waals surface area (Å²) in [5.41, 5.74) is 9.30. The first-order valence-corrected chi connectivity index (χ1v) is 11.7. The van der Waals surface area contributed by atoms with Gasteiger partial charge in [0.15, 0.2) is 0 Å². The quantitative estimate of drug-likeness (QED) is 0.433. The van der Waals surface area contributed by atoms with Crippen molar-refractivity contribution in [3.8, 4) is 23.2 Å². The van der Waals surface area contributed by atoms with Crippen molar-refractivity contribution in [1.82, 2.24) is 24.3 Å². The summed E-state index contributed by atoms with van der Waals surface area (Å²) in [5.74, 6) is 6.41. The maximum atomic E-state index is 12.6. The number of pyridine rings is 1. The Morgan fingerprint density at radius 2 is 1.92 bits per heavy atom. The number of likely N-dealkylation sites (tertiary alicyclic amines) is 1. The Bertz CT molecular complexity index is 1480. The van der Waals surface area contributed by atoms with Crippen molar-refractivity contribution >= 4 is 29.1 Å². The fourth-order valence-electron chi connectivity index (χ4n) is 4.54. The van der Waals surface area contributed by atoms with E-state index < -0.39 is 0 Å². The number of amides is 2. The van der Waals surface area contributed by atoms with Crippen LogP contribution in [0.2, 0.25) is 0 Å². The third kappa shape index (κ3) is 4.49. The van der Waals surface area contributed by atoms with Gasteiger partial charge in [-0.3, -0.25) is 14.0 Å². The summed E-state index contributed by atoms with van der Waals surface area (Å²) < 4.78 is 1.82. The summed E-state index contributed by atoms with van der Waals surface area (Å²) in [5, 5.41) is 2.78. The van der Waals surface area contributed by atoms with Crippen molar-refractivity contribution in [3.05, 3.63) is 72.2 Å². The summed E-state index contributed by atoms with van der Waals surface area (Å²) in [4.78, 5) is 40.2. The first-order chi connectivity index (χ1) is 17.5. The molecule has 4 heterocycles. The maximum absolute atomic E-state index is 12.6. The van der Waals surface area contributed by atoms with E-state index in [1.165, 1.54) is 0 Å². The van der Waals surface area contributed by atoms with Crippen LogP contribution in [0.4, 0.5) is 11.8 Å². The van der Waals surface area contributed by atoms with Gasteiger partial charge in [-0.1, -0.05) is 24.1 Å². The first-order valence-electron chi connectivity index (χ1n) is 11.7. The Labute approximate surface area is 208 Å². The molecule has 2 amide bonds. The van der Waals surface area contributed by atoms with E-state index in [1.54, 1.807) is 48.5 Å². The zero-order valence-electron chi connectivity index (χ0n) is 19.8. The van der Waals surface area contributed by atoms with E-state index in [2.05, 4.69) is 27.1 Å². The Morgan fingerprint density at radius 1 is 1.08 bits per heavy atom. The molecule has 0 bridgehead atoms. The van der Waals surface area contributed by atoms with Crippen LogP contribution in [0.1, 0.15) is 41.7 Å². The van der Waals surface area contributed by atoms with E-state index in [0.717, 1.165) is 29.6 Å². The number of aromatic nitrogens is 4. The summed E-state index contributed by atoms with van der Waals surface area (Å²) >= 11 is 0. The lowest BCUT2D eigenvalue weighted by Gasteiger charge is -2.30. The van der Waals surface area contributed by atoms with Crippen molar-refractivity contribution in [2.24, 2.45) is 0 Å². The molecule has 180 valence electrons. The van der Waals surface area contributed by atoms with Gasteiger partial charge in [-0.05, 0) is 56.0 Å². The van der Waals surface area contributed by atoms with Crippen molar-refractivity contribution in [1.29, 1.82) is 0 Å². The van der Waals surface area contributed by atoms with E-state index in [-0.39, 0.29) is 17.7 Å². The van der Waals surface area contributed by atoms with E-state index in [0.29, 0.717) is 36.2 Å². The first kappa shape index (κ1) is 23.1. The summed E-state index contributed by atoms with van der Waals surface area (Å²) in [6, 6.07) is 14.4. The SMILES string of the molecule is CC#CC(=O)N1CCC[C@H](c2nc(-c3ccc(C(=O)Nc4ccccn4)cc3)n3c(N)nccc23)C1. The zero-order valence-corrected chi connectivity index (χ0v) is 19.8. The van der Waals surface area contributed by atoms with Gasteiger partial charge >= 0.3 is 0 Å². The molecule has 1 atom stereocenters. The van der Waals surface area contributed by atoms with Crippen LogP contribution in [0.15, 0.2) is 60.9 Å². The van der Waals surface area contributed by atoms with E-state index >= 15 is 0 Å². The smallest absolute Gasteiger partial charge is 0.298 e. The molecule has 3 N–H and O–H groups in total. The number of rotatable bonds is 4. The highest BCUT2D eigenvalue weighted by Crippen LogP contribution is 2.33. The largest absolute Gasteiger partial charge is 0.369 e. The minimum Gasteiger partial charge on any atom is -0.369 e. The molecular weight excluding hydrogens is 454 g/mol. The second-order valence-electron chi connectivity index (χ2n) is 8.56. The molecule has 9 heteroatoms. The molecule has 0 saturated carbocycles. The Hall–Kier alpha value is -4.71. The molecule has 3 aromatic heterocycles. The predicted molar refractivity (Wildman–Crippen MR) is 137 cm³/mol. The summed E-state index contributed by atoms with van der Waals surface area (Å²) in [6.07, 6.45) is 5.07. The second-order valence-corrected chi connectivity index (χ2v) is 8.56. The van der Waals surface area contributed by atoms with Crippen LogP contribution < -0.4 is 11.1 Å². The van der Waals surface area contributed by atoms with Crippen molar-refractivity contribution in [2.45, 2.75) is 25.7 Å². The van der Waals surface area contributed by atoms with Crippen molar-refractivity contribution in [2.75, 3.05) is 24.1 Å². The van der Waals surface area contributed by atoms with Gasteiger partial charge in [-0.2, -0.15) is 0 Å². The highest BCUT2D eigenvalue weighted by atomic mass is 16.2. The molecule has 1 aliphatic heterocycles. The highest BCUT2D eigenvalue weighted by molar-refractivity contribution is 6.04. The molecule has 0 spiro atoms. The second kappa shape index (κ2) is 9.88. The Balaban J connectivity index is 1.46. The fourth-order valence-corrected chi connectivity index (χ4v) is 4.54. The molecule has 1 saturated heterocycles. The predicted octanol–water partition coefficient (Wildman–Crippen LogP) is 3.36. The van der Waals surface area contributed by atoms with Gasteiger partial charge in [-0.25, -0.2) is 15.0 Å². The molecule has 5 rings (SSSR count). The van der Waals surface area contributed by atoms with Gasteiger partial charge in [0, 0.05) is 42.5 Å². The van der Waals surface area contributed by atoms with E-state index in [4.69, 9.17) is 10.7 Å². The Kier molecular flexibility index (Phi) is 6.33. The highest BCUT2D eigenvalue weighted by Gasteiger charge is 2.28. The Morgan fingerprint density at radius 3 is 2.67 bits per heavy atom. The summed E-state index contributed by atoms with van der Waals surface area (Å²) in [6.45, 7) is 2.90. The van der Waals surface area contributed by atoms with E-state index in [9.17, 15) is 9.59 Å². The molecule has 1 aliphatic rings. The van der Waals surface area contributed by atoms with E-state index in [1.807, 2.05) is 28.7 Å². The average Bonchev–Trinajstić information content (AvgIpc) is 3.31. The van der Waals surface area contributed by atoms with Crippen LogP contribution >= 0.6 is 0 Å². The number of nitrogens with two attached hydrogens (primary N) is 1. The molecule has 36 heavy (non-hydrogen) atoms. The van der Waals surface area contributed by atoms with Gasteiger partial charge in [0.2, 0.25) is 5.95 Å². The van der Waals surface area contributed by atoms with Gasteiger partial charge in [0.25, 0.3) is 11.8 Å². The van der Waals surface area contributed by atoms with Gasteiger partial charge in [0.05, 0.1) is 11.2 Å². The number of nitrogen functional groups attached to an aromatic ring is 1. The monoisotopic (exact) mass is 479 g/mol. The van der Waals surface area contributed by atoms with Crippen LogP contribution in [-0.2, 0) is 4.79 Å². The molecule has 4 aromatic rings. The number of anilines is 2. The maximum Gasteiger partial charge on any atom is 0.298 e. The average molecular weight is 480 g/mol. The molecule has 9 nitrogen and oxygen atoms in total. The number of nitrogens with zero attached hydrogens (tertiary/aromatic N) is 5. The normalized spacial score (nSPS) is 15.2. The molecule has 0 aliphatic carbocycles. The number of imidazole rings is 1. The van der Waals surface area contributed by atoms with Gasteiger partial charge in [-0.15, -0.1) is 0 Å². The molecule has 1 fully saturated rings. The van der Waals surface area contributed by atoms with Crippen molar-refractivity contribution in [3.63, 3.8) is 0 Å². The molecular formula is C27H25N7O2. The summed E-state index contributed by atoms with van der Waals surface area (Å²) in [7, 11) is 0. The lowest BCUT2D eigenvalue weighted by molar-refractivity contribution is -0.126. The van der Waals surface area contributed by atoms with Crippen molar-refractivity contribution < 1.29 is 9.59 Å². The lowest BCUT2D eigenvalue weighted by atomic mass is 9.94. The number of nitrogens with one attached hydrogen (secondary N) is 1. The zero-order chi connectivity index (χ0) is 25.1. The van der Waals surface area contributed by atoms with Gasteiger partial charge < -0.3 is 16.0 Å². The topological polar surface area (TPSA) is 119 Å². The lowest BCUT2D eigenvalue weighted by Crippen LogP contribution is -2.38. The third-order valence-electron chi connectivity index (χ3n) is 6.25. The van der Waals surface area contributed by atoms with Gasteiger partial charge in [0.1, 0.15) is 11.6 Å². The number of hydrogen-bond donors (Lipinski definition) is 2. The number of fused-ring (bicyclic) bond motifs is 1. The van der Waals surface area contributed by atoms with Crippen LogP contribution in [0.3, 0.4) is 0 Å². The number of benzene rings is 1. The van der Waals surface area contributed by atoms with Crippen LogP contribution in [0.5, 0.6) is 0 Å².